The number of rotatable bonds is 7. The monoisotopic (exact) mass is 236 g/mol. The molecule has 1 aromatic heterocycles. The van der Waals surface area contributed by atoms with Gasteiger partial charge in [-0.15, -0.1) is 0 Å². The molecule has 1 aromatic rings. The fourth-order valence-corrected chi connectivity index (χ4v) is 1.82. The highest BCUT2D eigenvalue weighted by atomic mass is 15.1. The highest BCUT2D eigenvalue weighted by Gasteiger charge is 2.06. The highest BCUT2D eigenvalue weighted by molar-refractivity contribution is 5.20. The van der Waals surface area contributed by atoms with Crippen LogP contribution < -0.4 is 5.32 Å². The maximum Gasteiger partial charge on any atom is 0.0673 e. The molecule has 0 saturated carbocycles. The van der Waals surface area contributed by atoms with Crippen LogP contribution in [0, 0.1) is 6.92 Å². The molecule has 0 atom stereocenters. The third-order valence-corrected chi connectivity index (χ3v) is 2.78. The standard InChI is InChI=1S/C13H24N4/c1-5-13-12(9-11(3)15-16-13)10-17(4)8-7-14-6-2/h9,14H,5-8,10H2,1-4H3. The molecule has 0 aromatic carbocycles. The molecule has 0 radical (unpaired) electrons. The molecule has 4 nitrogen and oxygen atoms in total. The summed E-state index contributed by atoms with van der Waals surface area (Å²) >= 11 is 0. The van der Waals surface area contributed by atoms with Crippen LogP contribution >= 0.6 is 0 Å². The second-order valence-electron chi connectivity index (χ2n) is 4.40. The van der Waals surface area contributed by atoms with Crippen LogP contribution in [0.5, 0.6) is 0 Å². The van der Waals surface area contributed by atoms with Crippen molar-refractivity contribution in [1.29, 1.82) is 0 Å². The maximum atomic E-state index is 4.25. The Labute approximate surface area is 104 Å². The normalized spacial score (nSPS) is 11.1. The van der Waals surface area contributed by atoms with Gasteiger partial charge in [-0.05, 0) is 38.6 Å². The van der Waals surface area contributed by atoms with Crippen molar-refractivity contribution >= 4 is 0 Å². The SMILES string of the molecule is CCNCCN(C)Cc1cc(C)nnc1CC. The zero-order chi connectivity index (χ0) is 12.7. The molecule has 0 aliphatic heterocycles. The van der Waals surface area contributed by atoms with Gasteiger partial charge in [0.25, 0.3) is 0 Å². The van der Waals surface area contributed by atoms with Gasteiger partial charge in [0.05, 0.1) is 11.4 Å². The molecule has 1 heterocycles. The molecule has 96 valence electrons. The van der Waals surface area contributed by atoms with Gasteiger partial charge in [-0.25, -0.2) is 0 Å². The largest absolute Gasteiger partial charge is 0.316 e. The third kappa shape index (κ3) is 4.79. The lowest BCUT2D eigenvalue weighted by molar-refractivity contribution is 0.324. The van der Waals surface area contributed by atoms with Crippen molar-refractivity contribution in [3.8, 4) is 0 Å². The number of nitrogens with one attached hydrogen (secondary N) is 1. The first-order valence-electron chi connectivity index (χ1n) is 6.38. The van der Waals surface area contributed by atoms with Gasteiger partial charge < -0.3 is 10.2 Å². The zero-order valence-corrected chi connectivity index (χ0v) is 11.5. The average Bonchev–Trinajstić information content (AvgIpc) is 2.29. The molecule has 0 bridgehead atoms. The molecule has 0 unspecified atom stereocenters. The molecular formula is C13H24N4. The van der Waals surface area contributed by atoms with E-state index in [1.54, 1.807) is 0 Å². The highest BCUT2D eigenvalue weighted by Crippen LogP contribution is 2.09. The Kier molecular flexibility index (Phi) is 6.08. The molecule has 0 amide bonds. The van der Waals surface area contributed by atoms with Crippen molar-refractivity contribution in [1.82, 2.24) is 20.4 Å². The summed E-state index contributed by atoms with van der Waals surface area (Å²) in [6, 6.07) is 2.15. The van der Waals surface area contributed by atoms with Gasteiger partial charge in [0.1, 0.15) is 0 Å². The van der Waals surface area contributed by atoms with Crippen molar-refractivity contribution in [2.75, 3.05) is 26.7 Å². The number of aromatic nitrogens is 2. The Balaban J connectivity index is 2.57. The molecular weight excluding hydrogens is 212 g/mol. The molecule has 0 saturated heterocycles. The Bertz CT molecular complexity index is 338. The number of likely N-dealkylation sites (N-methyl/N-ethyl adjacent to an activating group) is 2. The topological polar surface area (TPSA) is 41.0 Å². The first-order valence-corrected chi connectivity index (χ1v) is 6.38. The minimum absolute atomic E-state index is 0.948. The lowest BCUT2D eigenvalue weighted by atomic mass is 10.1. The number of hydrogen-bond donors (Lipinski definition) is 1. The summed E-state index contributed by atoms with van der Waals surface area (Å²) in [5, 5.41) is 11.7. The van der Waals surface area contributed by atoms with E-state index in [-0.39, 0.29) is 0 Å². The van der Waals surface area contributed by atoms with Gasteiger partial charge in [0.2, 0.25) is 0 Å². The second kappa shape index (κ2) is 7.35. The predicted octanol–water partition coefficient (Wildman–Crippen LogP) is 1.39. The smallest absolute Gasteiger partial charge is 0.0673 e. The molecule has 0 aliphatic carbocycles. The van der Waals surface area contributed by atoms with Crippen LogP contribution in [0.4, 0.5) is 0 Å². The maximum absolute atomic E-state index is 4.25. The van der Waals surface area contributed by atoms with E-state index in [0.29, 0.717) is 0 Å². The van der Waals surface area contributed by atoms with E-state index in [9.17, 15) is 0 Å². The Morgan fingerprint density at radius 1 is 1.29 bits per heavy atom. The zero-order valence-electron chi connectivity index (χ0n) is 11.5. The minimum atomic E-state index is 0.948. The molecule has 1 N–H and O–H groups in total. The first kappa shape index (κ1) is 14.1. The van der Waals surface area contributed by atoms with Crippen LogP contribution in [0.25, 0.3) is 0 Å². The summed E-state index contributed by atoms with van der Waals surface area (Å²) in [6.45, 7) is 10.3. The van der Waals surface area contributed by atoms with Crippen molar-refractivity contribution in [3.63, 3.8) is 0 Å². The van der Waals surface area contributed by atoms with Crippen LogP contribution in [0.15, 0.2) is 6.07 Å². The van der Waals surface area contributed by atoms with Gasteiger partial charge in [-0.1, -0.05) is 13.8 Å². The summed E-state index contributed by atoms with van der Waals surface area (Å²) in [5.41, 5.74) is 3.42. The summed E-state index contributed by atoms with van der Waals surface area (Å²) in [6.07, 6.45) is 0.948. The van der Waals surface area contributed by atoms with E-state index in [1.807, 2.05) is 6.92 Å². The Morgan fingerprint density at radius 3 is 2.71 bits per heavy atom. The summed E-state index contributed by atoms with van der Waals surface area (Å²) in [7, 11) is 2.15. The minimum Gasteiger partial charge on any atom is -0.316 e. The first-order chi connectivity index (χ1) is 8.17. The molecule has 0 fully saturated rings. The van der Waals surface area contributed by atoms with Crippen molar-refractivity contribution < 1.29 is 0 Å². The summed E-state index contributed by atoms with van der Waals surface area (Å²) < 4.78 is 0. The van der Waals surface area contributed by atoms with Crippen molar-refractivity contribution in [2.45, 2.75) is 33.7 Å². The van der Waals surface area contributed by atoms with Crippen LogP contribution in [-0.2, 0) is 13.0 Å². The molecule has 1 rings (SSSR count). The van der Waals surface area contributed by atoms with Crippen LogP contribution in [-0.4, -0.2) is 41.8 Å². The Hall–Kier alpha value is -1.00. The van der Waals surface area contributed by atoms with Crippen LogP contribution in [0.3, 0.4) is 0 Å². The fourth-order valence-electron chi connectivity index (χ4n) is 1.82. The van der Waals surface area contributed by atoms with Crippen LogP contribution in [0.1, 0.15) is 30.8 Å². The van der Waals surface area contributed by atoms with E-state index in [2.05, 4.69) is 47.4 Å². The summed E-state index contributed by atoms with van der Waals surface area (Å²) in [4.78, 5) is 2.32. The number of aryl methyl sites for hydroxylation is 2. The fraction of sp³-hybridized carbons (Fsp3) is 0.692. The Morgan fingerprint density at radius 2 is 2.06 bits per heavy atom. The summed E-state index contributed by atoms with van der Waals surface area (Å²) in [5.74, 6) is 0. The molecule has 0 aliphatic rings. The van der Waals surface area contributed by atoms with Crippen molar-refractivity contribution in [2.24, 2.45) is 0 Å². The van der Waals surface area contributed by atoms with Gasteiger partial charge in [-0.3, -0.25) is 0 Å². The van der Waals surface area contributed by atoms with Crippen LogP contribution in [0.2, 0.25) is 0 Å². The molecule has 4 heteroatoms. The third-order valence-electron chi connectivity index (χ3n) is 2.78. The van der Waals surface area contributed by atoms with E-state index in [1.165, 1.54) is 5.56 Å². The quantitative estimate of drug-likeness (QED) is 0.726. The number of nitrogens with zero attached hydrogens (tertiary/aromatic N) is 3. The van der Waals surface area contributed by atoms with E-state index >= 15 is 0 Å². The van der Waals surface area contributed by atoms with E-state index < -0.39 is 0 Å². The van der Waals surface area contributed by atoms with Crippen molar-refractivity contribution in [3.05, 3.63) is 23.0 Å². The lowest BCUT2D eigenvalue weighted by Gasteiger charge is -2.18. The molecule has 17 heavy (non-hydrogen) atoms. The predicted molar refractivity (Wildman–Crippen MR) is 71.0 cm³/mol. The number of hydrogen-bond acceptors (Lipinski definition) is 4. The second-order valence-corrected chi connectivity index (χ2v) is 4.40. The van der Waals surface area contributed by atoms with Gasteiger partial charge >= 0.3 is 0 Å². The average molecular weight is 236 g/mol. The van der Waals surface area contributed by atoms with E-state index in [4.69, 9.17) is 0 Å². The van der Waals surface area contributed by atoms with Gasteiger partial charge in [0.15, 0.2) is 0 Å². The molecule has 0 spiro atoms. The lowest BCUT2D eigenvalue weighted by Crippen LogP contribution is -2.29. The van der Waals surface area contributed by atoms with Gasteiger partial charge in [-0.2, -0.15) is 10.2 Å². The van der Waals surface area contributed by atoms with E-state index in [0.717, 1.165) is 44.0 Å². The van der Waals surface area contributed by atoms with Gasteiger partial charge in [0, 0.05) is 19.6 Å².